The predicted octanol–water partition coefficient (Wildman–Crippen LogP) is 1.80. The van der Waals surface area contributed by atoms with Gasteiger partial charge in [-0.2, -0.15) is 0 Å². The third-order valence-corrected chi connectivity index (χ3v) is 3.93. The maximum Gasteiger partial charge on any atom is 0.216 e. The summed E-state index contributed by atoms with van der Waals surface area (Å²) in [6.45, 7) is 10.5. The number of aliphatic hydroxyl groups excluding tert-OH is 1. The Morgan fingerprint density at radius 1 is 1.41 bits per heavy atom. The molecule has 6 nitrogen and oxygen atoms in total. The first-order valence-electron chi connectivity index (χ1n) is 7.97. The van der Waals surface area contributed by atoms with Crippen molar-refractivity contribution in [1.29, 1.82) is 0 Å². The number of aromatic nitrogens is 1. The van der Waals surface area contributed by atoms with Crippen LogP contribution in [0.4, 0.5) is 0 Å². The second-order valence-electron chi connectivity index (χ2n) is 7.08. The Bertz CT molecular complexity index is 512. The van der Waals surface area contributed by atoms with Crippen LogP contribution in [0.3, 0.4) is 0 Å². The number of rotatable bonds is 6. The van der Waals surface area contributed by atoms with E-state index in [-0.39, 0.29) is 17.4 Å². The zero-order valence-electron chi connectivity index (χ0n) is 14.1. The molecule has 6 heteroatoms. The molecule has 1 aliphatic rings. The first-order valence-corrected chi connectivity index (χ1v) is 7.97. The van der Waals surface area contributed by atoms with Crippen LogP contribution in [0, 0.1) is 5.41 Å². The maximum atomic E-state index is 9.36. The number of guanidine groups is 1. The molecular weight excluding hydrogens is 280 g/mol. The lowest BCUT2D eigenvalue weighted by Gasteiger charge is -2.16. The molecule has 1 aliphatic carbocycles. The minimum Gasteiger partial charge on any atom is -0.443 e. The highest BCUT2D eigenvalue weighted by molar-refractivity contribution is 5.79. The van der Waals surface area contributed by atoms with Gasteiger partial charge in [0.2, 0.25) is 5.89 Å². The van der Waals surface area contributed by atoms with Crippen LogP contribution in [0.5, 0.6) is 0 Å². The lowest BCUT2D eigenvalue weighted by atomic mass is 9.94. The standard InChI is InChI=1S/C16H28N4O2/c1-5-17-14(20-10-16(11-21)6-7-16)19-9-13-18-8-12(22-13)15(2,3)4/h8,21H,5-7,9-11H2,1-4H3,(H2,17,19,20). The fourth-order valence-electron chi connectivity index (χ4n) is 2.06. The van der Waals surface area contributed by atoms with Gasteiger partial charge in [-0.05, 0) is 19.8 Å². The zero-order valence-corrected chi connectivity index (χ0v) is 14.1. The molecule has 2 rings (SSSR count). The lowest BCUT2D eigenvalue weighted by molar-refractivity contribution is 0.212. The first-order chi connectivity index (χ1) is 10.4. The van der Waals surface area contributed by atoms with Crippen molar-refractivity contribution < 1.29 is 9.52 Å². The first kappa shape index (κ1) is 16.8. The normalized spacial score (nSPS) is 17.4. The largest absolute Gasteiger partial charge is 0.443 e. The lowest BCUT2D eigenvalue weighted by Crippen LogP contribution is -2.41. The van der Waals surface area contributed by atoms with Crippen LogP contribution in [-0.4, -0.2) is 35.7 Å². The van der Waals surface area contributed by atoms with Crippen molar-refractivity contribution in [3.8, 4) is 0 Å². The zero-order chi connectivity index (χ0) is 16.2. The summed E-state index contributed by atoms with van der Waals surface area (Å²) in [4.78, 5) is 8.78. The van der Waals surface area contributed by atoms with E-state index in [1.165, 1.54) is 0 Å². The monoisotopic (exact) mass is 308 g/mol. The Kier molecular flexibility index (Phi) is 5.11. The van der Waals surface area contributed by atoms with Crippen molar-refractivity contribution in [3.63, 3.8) is 0 Å². The molecule has 3 N–H and O–H groups in total. The Morgan fingerprint density at radius 2 is 2.14 bits per heavy atom. The summed E-state index contributed by atoms with van der Waals surface area (Å²) in [5.74, 6) is 2.22. The second-order valence-corrected chi connectivity index (χ2v) is 7.08. The molecule has 124 valence electrons. The quantitative estimate of drug-likeness (QED) is 0.551. The average Bonchev–Trinajstić information content (AvgIpc) is 3.08. The van der Waals surface area contributed by atoms with Gasteiger partial charge in [-0.3, -0.25) is 0 Å². The summed E-state index contributed by atoms with van der Waals surface area (Å²) in [5, 5.41) is 15.9. The molecule has 1 heterocycles. The van der Waals surface area contributed by atoms with Gasteiger partial charge in [0.25, 0.3) is 0 Å². The van der Waals surface area contributed by atoms with E-state index in [4.69, 9.17) is 4.42 Å². The molecule has 22 heavy (non-hydrogen) atoms. The molecule has 1 aromatic heterocycles. The third kappa shape index (κ3) is 4.47. The van der Waals surface area contributed by atoms with E-state index >= 15 is 0 Å². The SMILES string of the molecule is CCNC(=NCc1ncc(C(C)(C)C)o1)NCC1(CO)CC1. The van der Waals surface area contributed by atoms with Crippen LogP contribution < -0.4 is 10.6 Å². The fourth-order valence-corrected chi connectivity index (χ4v) is 2.06. The third-order valence-electron chi connectivity index (χ3n) is 3.93. The Morgan fingerprint density at radius 3 is 2.64 bits per heavy atom. The van der Waals surface area contributed by atoms with Crippen LogP contribution in [0.2, 0.25) is 0 Å². The van der Waals surface area contributed by atoms with Crippen molar-refractivity contribution in [1.82, 2.24) is 15.6 Å². The van der Waals surface area contributed by atoms with Crippen molar-refractivity contribution in [2.45, 2.75) is 52.5 Å². The molecule has 0 amide bonds. The highest BCUT2D eigenvalue weighted by Crippen LogP contribution is 2.44. The van der Waals surface area contributed by atoms with Crippen LogP contribution in [-0.2, 0) is 12.0 Å². The van der Waals surface area contributed by atoms with Gasteiger partial charge < -0.3 is 20.2 Å². The van der Waals surface area contributed by atoms with E-state index in [0.29, 0.717) is 12.4 Å². The average molecular weight is 308 g/mol. The highest BCUT2D eigenvalue weighted by Gasteiger charge is 2.41. The van der Waals surface area contributed by atoms with Gasteiger partial charge in [-0.15, -0.1) is 0 Å². The molecule has 0 unspecified atom stereocenters. The number of nitrogens with one attached hydrogen (secondary N) is 2. The molecule has 0 bridgehead atoms. The molecule has 1 saturated carbocycles. The van der Waals surface area contributed by atoms with E-state index in [2.05, 4.69) is 41.4 Å². The van der Waals surface area contributed by atoms with E-state index in [9.17, 15) is 5.11 Å². The van der Waals surface area contributed by atoms with Gasteiger partial charge in [0.05, 0.1) is 12.8 Å². The van der Waals surface area contributed by atoms with Crippen LogP contribution in [0.25, 0.3) is 0 Å². The van der Waals surface area contributed by atoms with Gasteiger partial charge in [0.1, 0.15) is 12.3 Å². The van der Waals surface area contributed by atoms with E-state index < -0.39 is 0 Å². The Balaban J connectivity index is 1.93. The molecule has 0 spiro atoms. The molecule has 0 aromatic carbocycles. The predicted molar refractivity (Wildman–Crippen MR) is 86.8 cm³/mol. The second kappa shape index (κ2) is 6.69. The molecule has 0 atom stereocenters. The fraction of sp³-hybridized carbons (Fsp3) is 0.750. The molecule has 1 aromatic rings. The summed E-state index contributed by atoms with van der Waals surface area (Å²) >= 11 is 0. The number of hydrogen-bond donors (Lipinski definition) is 3. The van der Waals surface area contributed by atoms with Gasteiger partial charge in [0.15, 0.2) is 5.96 Å². The smallest absolute Gasteiger partial charge is 0.216 e. The summed E-state index contributed by atoms with van der Waals surface area (Å²) in [7, 11) is 0. The number of hydrogen-bond acceptors (Lipinski definition) is 4. The van der Waals surface area contributed by atoms with E-state index in [1.54, 1.807) is 6.20 Å². The topological polar surface area (TPSA) is 82.7 Å². The highest BCUT2D eigenvalue weighted by atomic mass is 16.4. The molecule has 1 fully saturated rings. The number of aliphatic imine (C=N–C) groups is 1. The Hall–Kier alpha value is -1.56. The van der Waals surface area contributed by atoms with Crippen molar-refractivity contribution in [2.75, 3.05) is 19.7 Å². The number of aliphatic hydroxyl groups is 1. The van der Waals surface area contributed by atoms with E-state index in [1.807, 2.05) is 6.92 Å². The summed E-state index contributed by atoms with van der Waals surface area (Å²) < 4.78 is 5.74. The van der Waals surface area contributed by atoms with Gasteiger partial charge in [0, 0.05) is 23.9 Å². The van der Waals surface area contributed by atoms with Crippen LogP contribution >= 0.6 is 0 Å². The van der Waals surface area contributed by atoms with Gasteiger partial charge >= 0.3 is 0 Å². The Labute approximate surface area is 132 Å². The van der Waals surface area contributed by atoms with Crippen LogP contribution in [0.1, 0.15) is 52.2 Å². The van der Waals surface area contributed by atoms with Crippen molar-refractivity contribution in [3.05, 3.63) is 17.8 Å². The van der Waals surface area contributed by atoms with Gasteiger partial charge in [-0.1, -0.05) is 20.8 Å². The summed E-state index contributed by atoms with van der Waals surface area (Å²) in [5.41, 5.74) is 0.00964. The minimum atomic E-state index is -0.0445. The molecule has 0 saturated heterocycles. The number of oxazole rings is 1. The molecule has 0 radical (unpaired) electrons. The number of nitrogens with zero attached hydrogens (tertiary/aromatic N) is 2. The summed E-state index contributed by atoms with van der Waals surface area (Å²) in [6, 6.07) is 0. The van der Waals surface area contributed by atoms with Gasteiger partial charge in [-0.25, -0.2) is 9.98 Å². The van der Waals surface area contributed by atoms with Crippen molar-refractivity contribution >= 4 is 5.96 Å². The summed E-state index contributed by atoms with van der Waals surface area (Å²) in [6.07, 6.45) is 3.92. The molecular formula is C16H28N4O2. The van der Waals surface area contributed by atoms with Crippen LogP contribution in [0.15, 0.2) is 15.6 Å². The minimum absolute atomic E-state index is 0.0445. The van der Waals surface area contributed by atoms with Crippen molar-refractivity contribution in [2.24, 2.45) is 10.4 Å². The maximum absolute atomic E-state index is 9.36. The molecule has 0 aliphatic heterocycles. The van der Waals surface area contributed by atoms with E-state index in [0.717, 1.165) is 37.7 Å².